The van der Waals surface area contributed by atoms with Gasteiger partial charge in [0, 0.05) is 13.1 Å². The van der Waals surface area contributed by atoms with Gasteiger partial charge < -0.3 is 20.1 Å². The van der Waals surface area contributed by atoms with Crippen molar-refractivity contribution in [3.05, 3.63) is 24.3 Å². The van der Waals surface area contributed by atoms with Gasteiger partial charge in [-0.25, -0.2) is 0 Å². The fourth-order valence-electron chi connectivity index (χ4n) is 2.62. The Morgan fingerprint density at radius 3 is 1.47 bits per heavy atom. The van der Waals surface area contributed by atoms with E-state index in [1.54, 1.807) is 0 Å². The van der Waals surface area contributed by atoms with Gasteiger partial charge in [0.15, 0.2) is 0 Å². The molecule has 2 N–H and O–H groups in total. The highest BCUT2D eigenvalue weighted by atomic mass is 16.5. The molecule has 0 aliphatic heterocycles. The van der Waals surface area contributed by atoms with Gasteiger partial charge in [-0.1, -0.05) is 38.2 Å². The highest BCUT2D eigenvalue weighted by Crippen LogP contribution is 1.96. The highest BCUT2D eigenvalue weighted by molar-refractivity contribution is 5.69. The van der Waals surface area contributed by atoms with E-state index in [9.17, 15) is 9.59 Å². The first kappa shape index (κ1) is 28.3. The number of esters is 2. The molecule has 0 saturated heterocycles. The van der Waals surface area contributed by atoms with Crippen LogP contribution in [0.3, 0.4) is 0 Å². The van der Waals surface area contributed by atoms with Crippen LogP contribution in [0.15, 0.2) is 24.3 Å². The zero-order valence-corrected chi connectivity index (χ0v) is 19.3. The average molecular weight is 425 g/mol. The van der Waals surface area contributed by atoms with Crippen LogP contribution in [0.2, 0.25) is 0 Å². The molecule has 0 aromatic rings. The summed E-state index contributed by atoms with van der Waals surface area (Å²) in [4.78, 5) is 23.2. The van der Waals surface area contributed by atoms with Crippen molar-refractivity contribution in [2.45, 2.75) is 78.1 Å². The fourth-order valence-corrected chi connectivity index (χ4v) is 2.62. The van der Waals surface area contributed by atoms with Gasteiger partial charge in [0.2, 0.25) is 0 Å². The van der Waals surface area contributed by atoms with Crippen molar-refractivity contribution < 1.29 is 19.1 Å². The summed E-state index contributed by atoms with van der Waals surface area (Å²) in [6, 6.07) is 0. The second kappa shape index (κ2) is 23.6. The number of nitrogens with one attached hydrogen (secondary N) is 2. The molecule has 0 aromatic heterocycles. The number of allylic oxidation sites excluding steroid dienone is 4. The number of hydrogen-bond acceptors (Lipinski definition) is 6. The Morgan fingerprint density at radius 2 is 1.07 bits per heavy atom. The molecular weight excluding hydrogens is 380 g/mol. The van der Waals surface area contributed by atoms with E-state index in [0.29, 0.717) is 39.1 Å². The first-order valence-corrected chi connectivity index (χ1v) is 11.7. The van der Waals surface area contributed by atoms with E-state index < -0.39 is 0 Å². The van der Waals surface area contributed by atoms with Gasteiger partial charge in [-0.15, -0.1) is 0 Å². The quantitative estimate of drug-likeness (QED) is 0.162. The average Bonchev–Trinajstić information content (AvgIpc) is 2.74. The van der Waals surface area contributed by atoms with Crippen molar-refractivity contribution in [3.63, 3.8) is 0 Å². The van der Waals surface area contributed by atoms with Crippen LogP contribution < -0.4 is 10.6 Å². The molecule has 6 nitrogen and oxygen atoms in total. The van der Waals surface area contributed by atoms with Gasteiger partial charge in [0.1, 0.15) is 0 Å². The largest absolute Gasteiger partial charge is 0.466 e. The van der Waals surface area contributed by atoms with E-state index >= 15 is 0 Å². The highest BCUT2D eigenvalue weighted by Gasteiger charge is 2.02. The third-order valence-corrected chi connectivity index (χ3v) is 4.33. The first-order chi connectivity index (χ1) is 14.7. The third kappa shape index (κ3) is 22.6. The number of unbranched alkanes of at least 4 members (excludes halogenated alkanes) is 3. The number of carbonyl (C=O) groups excluding carboxylic acids is 2. The molecule has 0 amide bonds. The lowest BCUT2D eigenvalue weighted by Gasteiger charge is -2.07. The summed E-state index contributed by atoms with van der Waals surface area (Å²) in [7, 11) is 0. The normalized spacial score (nSPS) is 11.4. The maximum atomic E-state index is 11.6. The monoisotopic (exact) mass is 424 g/mol. The van der Waals surface area contributed by atoms with Crippen molar-refractivity contribution in [1.29, 1.82) is 0 Å². The van der Waals surface area contributed by atoms with Gasteiger partial charge in [-0.3, -0.25) is 9.59 Å². The van der Waals surface area contributed by atoms with E-state index in [-0.39, 0.29) is 11.9 Å². The molecule has 0 fully saturated rings. The Bertz CT molecular complexity index is 422. The number of carbonyl (C=O) groups is 2. The van der Waals surface area contributed by atoms with Crippen LogP contribution in [0.5, 0.6) is 0 Å². The topological polar surface area (TPSA) is 76.7 Å². The van der Waals surface area contributed by atoms with Crippen molar-refractivity contribution in [2.75, 3.05) is 39.4 Å². The van der Waals surface area contributed by atoms with Crippen LogP contribution in [0.25, 0.3) is 0 Å². The molecule has 6 heteroatoms. The maximum Gasteiger partial charge on any atom is 0.307 e. The lowest BCUT2D eigenvalue weighted by molar-refractivity contribution is -0.144. The Kier molecular flexibility index (Phi) is 22.3. The molecule has 0 heterocycles. The van der Waals surface area contributed by atoms with Gasteiger partial charge in [-0.05, 0) is 64.5 Å². The summed E-state index contributed by atoms with van der Waals surface area (Å²) in [6.07, 6.45) is 17.2. The zero-order chi connectivity index (χ0) is 22.1. The SMILES string of the molecule is CCC=CCCCOC(=O)CCNCCCCNCCC(=O)OCCCC=CCC. The summed E-state index contributed by atoms with van der Waals surface area (Å²) in [5.74, 6) is -0.263. The minimum absolute atomic E-state index is 0.132. The molecule has 0 radical (unpaired) electrons. The van der Waals surface area contributed by atoms with Gasteiger partial charge in [0.05, 0.1) is 26.1 Å². The van der Waals surface area contributed by atoms with Gasteiger partial charge in [-0.2, -0.15) is 0 Å². The molecule has 0 spiro atoms. The molecule has 0 aliphatic rings. The Morgan fingerprint density at radius 1 is 0.633 bits per heavy atom. The Balaban J connectivity index is 3.28. The molecule has 0 unspecified atom stereocenters. The summed E-state index contributed by atoms with van der Waals surface area (Å²) in [5, 5.41) is 6.53. The number of ether oxygens (including phenoxy) is 2. The van der Waals surface area contributed by atoms with Crippen molar-refractivity contribution in [1.82, 2.24) is 10.6 Å². The van der Waals surface area contributed by atoms with E-state index in [0.717, 1.165) is 64.5 Å². The lowest BCUT2D eigenvalue weighted by Crippen LogP contribution is -2.23. The molecule has 0 aliphatic carbocycles. The van der Waals surface area contributed by atoms with Gasteiger partial charge in [0.25, 0.3) is 0 Å². The van der Waals surface area contributed by atoms with E-state index in [2.05, 4.69) is 48.8 Å². The first-order valence-electron chi connectivity index (χ1n) is 11.7. The minimum Gasteiger partial charge on any atom is -0.466 e. The smallest absolute Gasteiger partial charge is 0.307 e. The van der Waals surface area contributed by atoms with E-state index in [1.807, 2.05) is 0 Å². The summed E-state index contributed by atoms with van der Waals surface area (Å²) < 4.78 is 10.4. The summed E-state index contributed by atoms with van der Waals surface area (Å²) >= 11 is 0. The minimum atomic E-state index is -0.132. The molecule has 0 aromatic carbocycles. The van der Waals surface area contributed by atoms with Crippen molar-refractivity contribution in [2.24, 2.45) is 0 Å². The van der Waals surface area contributed by atoms with E-state index in [1.165, 1.54) is 0 Å². The Hall–Kier alpha value is -1.66. The Labute approximate surface area is 183 Å². The van der Waals surface area contributed by atoms with Crippen LogP contribution in [-0.4, -0.2) is 51.3 Å². The second-order valence-corrected chi connectivity index (χ2v) is 7.19. The molecule has 0 bridgehead atoms. The number of hydrogen-bond donors (Lipinski definition) is 2. The second-order valence-electron chi connectivity index (χ2n) is 7.19. The molecule has 0 atom stereocenters. The summed E-state index contributed by atoms with van der Waals surface area (Å²) in [6.45, 7) is 8.29. The third-order valence-electron chi connectivity index (χ3n) is 4.33. The molecule has 30 heavy (non-hydrogen) atoms. The molecule has 0 saturated carbocycles. The van der Waals surface area contributed by atoms with Crippen LogP contribution in [0, 0.1) is 0 Å². The van der Waals surface area contributed by atoms with Crippen molar-refractivity contribution >= 4 is 11.9 Å². The maximum absolute atomic E-state index is 11.6. The standard InChI is InChI=1S/C24H44N2O4/c1-3-5-7-9-13-21-29-23(27)15-19-25-17-11-12-18-26-20-16-24(28)30-22-14-10-8-6-4-2/h5-8,25-26H,3-4,9-22H2,1-2H3. The number of rotatable bonds is 21. The van der Waals surface area contributed by atoms with Gasteiger partial charge >= 0.3 is 11.9 Å². The molecule has 174 valence electrons. The lowest BCUT2D eigenvalue weighted by atomic mass is 10.3. The molecule has 0 rings (SSSR count). The summed E-state index contributed by atoms with van der Waals surface area (Å²) in [5.41, 5.74) is 0. The molecular formula is C24H44N2O4. The van der Waals surface area contributed by atoms with Crippen molar-refractivity contribution in [3.8, 4) is 0 Å². The zero-order valence-electron chi connectivity index (χ0n) is 19.3. The van der Waals surface area contributed by atoms with E-state index in [4.69, 9.17) is 9.47 Å². The van der Waals surface area contributed by atoms with Crippen LogP contribution in [0.4, 0.5) is 0 Å². The fraction of sp³-hybridized carbons (Fsp3) is 0.750. The van der Waals surface area contributed by atoms with Crippen LogP contribution >= 0.6 is 0 Å². The van der Waals surface area contributed by atoms with Crippen LogP contribution in [-0.2, 0) is 19.1 Å². The predicted molar refractivity (Wildman–Crippen MR) is 123 cm³/mol. The van der Waals surface area contributed by atoms with Crippen LogP contribution in [0.1, 0.15) is 78.1 Å². The predicted octanol–water partition coefficient (Wildman–Crippen LogP) is 4.31.